The normalized spacial score (nSPS) is 27.7. The van der Waals surface area contributed by atoms with E-state index in [-0.39, 0.29) is 19.5 Å². The van der Waals surface area contributed by atoms with E-state index in [1.165, 1.54) is 0 Å². The Bertz CT molecular complexity index is 343. The lowest BCUT2D eigenvalue weighted by Gasteiger charge is -2.31. The highest BCUT2D eigenvalue weighted by molar-refractivity contribution is 7.86. The molecule has 1 rings (SSSR count). The Morgan fingerprint density at radius 3 is 2.60 bits per heavy atom. The molecular formula is C7H12FNO5S. The Morgan fingerprint density at radius 1 is 1.60 bits per heavy atom. The Labute approximate surface area is 86.8 Å². The summed E-state index contributed by atoms with van der Waals surface area (Å²) in [6, 6.07) is 0. The van der Waals surface area contributed by atoms with Crippen molar-refractivity contribution >= 4 is 16.2 Å². The molecule has 0 aromatic rings. The summed E-state index contributed by atoms with van der Waals surface area (Å²) in [5, 5.41) is 8.58. The molecule has 0 saturated carbocycles. The number of carboxylic acid groups (broad SMARTS) is 1. The maximum Gasteiger partial charge on any atom is 0.407 e. The van der Waals surface area contributed by atoms with E-state index in [4.69, 9.17) is 5.11 Å². The molecule has 15 heavy (non-hydrogen) atoms. The van der Waals surface area contributed by atoms with Crippen molar-refractivity contribution < 1.29 is 26.9 Å². The average molecular weight is 241 g/mol. The molecule has 0 unspecified atom stereocenters. The van der Waals surface area contributed by atoms with Crippen LogP contribution in [0.25, 0.3) is 0 Å². The Kier molecular flexibility index (Phi) is 3.50. The van der Waals surface area contributed by atoms with Crippen molar-refractivity contribution in [3.05, 3.63) is 0 Å². The number of rotatable bonds is 2. The van der Waals surface area contributed by atoms with Crippen LogP contribution in [0.15, 0.2) is 0 Å². The van der Waals surface area contributed by atoms with E-state index in [1.54, 1.807) is 0 Å². The summed E-state index contributed by atoms with van der Waals surface area (Å²) in [5.74, 6) is 0. The van der Waals surface area contributed by atoms with Gasteiger partial charge in [0.15, 0.2) is 0 Å². The molecule has 2 atom stereocenters. The largest absolute Gasteiger partial charge is 0.465 e. The van der Waals surface area contributed by atoms with Crippen molar-refractivity contribution in [2.45, 2.75) is 18.7 Å². The van der Waals surface area contributed by atoms with Crippen LogP contribution in [0.1, 0.15) is 6.42 Å². The van der Waals surface area contributed by atoms with Gasteiger partial charge in [-0.1, -0.05) is 0 Å². The first-order valence-electron chi connectivity index (χ1n) is 4.30. The van der Waals surface area contributed by atoms with Crippen LogP contribution in [0.4, 0.5) is 9.18 Å². The van der Waals surface area contributed by atoms with Crippen molar-refractivity contribution in [2.24, 2.45) is 0 Å². The van der Waals surface area contributed by atoms with E-state index >= 15 is 0 Å². The van der Waals surface area contributed by atoms with Gasteiger partial charge >= 0.3 is 6.09 Å². The minimum Gasteiger partial charge on any atom is -0.465 e. The molecule has 0 bridgehead atoms. The van der Waals surface area contributed by atoms with Crippen molar-refractivity contribution in [1.82, 2.24) is 4.90 Å². The van der Waals surface area contributed by atoms with Gasteiger partial charge in [0.05, 0.1) is 12.8 Å². The van der Waals surface area contributed by atoms with Gasteiger partial charge in [-0.25, -0.2) is 9.18 Å². The zero-order valence-electron chi connectivity index (χ0n) is 8.09. The molecule has 1 N–H and O–H groups in total. The fraction of sp³-hybridized carbons (Fsp3) is 0.857. The maximum atomic E-state index is 13.3. The molecule has 1 heterocycles. The van der Waals surface area contributed by atoms with Gasteiger partial charge in [-0.3, -0.25) is 4.18 Å². The Morgan fingerprint density at radius 2 is 2.20 bits per heavy atom. The van der Waals surface area contributed by atoms with E-state index in [1.807, 2.05) is 0 Å². The third kappa shape index (κ3) is 3.63. The van der Waals surface area contributed by atoms with E-state index in [2.05, 4.69) is 4.18 Å². The minimum atomic E-state index is -3.70. The predicted octanol–water partition coefficient (Wildman–Crippen LogP) is 0.0530. The van der Waals surface area contributed by atoms with Crippen LogP contribution < -0.4 is 0 Å². The number of likely N-dealkylation sites (tertiary alicyclic amines) is 1. The third-order valence-corrected chi connectivity index (χ3v) is 2.65. The first-order chi connectivity index (χ1) is 6.79. The van der Waals surface area contributed by atoms with Gasteiger partial charge in [0.2, 0.25) is 0 Å². The van der Waals surface area contributed by atoms with Gasteiger partial charge in [0.1, 0.15) is 12.3 Å². The molecule has 0 spiro atoms. The molecule has 0 aliphatic carbocycles. The fourth-order valence-corrected chi connectivity index (χ4v) is 2.06. The second-order valence-electron chi connectivity index (χ2n) is 3.37. The molecule has 1 saturated heterocycles. The molecule has 0 radical (unpaired) electrons. The van der Waals surface area contributed by atoms with Gasteiger partial charge in [-0.15, -0.1) is 0 Å². The summed E-state index contributed by atoms with van der Waals surface area (Å²) >= 11 is 0. The Balaban J connectivity index is 2.57. The van der Waals surface area contributed by atoms with Gasteiger partial charge in [0.25, 0.3) is 10.1 Å². The van der Waals surface area contributed by atoms with Crippen molar-refractivity contribution in [3.63, 3.8) is 0 Å². The highest BCUT2D eigenvalue weighted by atomic mass is 32.2. The summed E-state index contributed by atoms with van der Waals surface area (Å²) in [6.45, 7) is -0.272. The molecule has 0 aromatic heterocycles. The van der Waals surface area contributed by atoms with Crippen LogP contribution in [-0.2, 0) is 14.3 Å². The molecule has 1 fully saturated rings. The number of alkyl halides is 1. The highest BCUT2D eigenvalue weighted by Crippen LogP contribution is 2.18. The van der Waals surface area contributed by atoms with Crippen molar-refractivity contribution in [1.29, 1.82) is 0 Å². The molecule has 0 aromatic carbocycles. The molecule has 88 valence electrons. The zero-order valence-corrected chi connectivity index (χ0v) is 8.91. The van der Waals surface area contributed by atoms with Crippen LogP contribution in [0.3, 0.4) is 0 Å². The summed E-state index contributed by atoms with van der Waals surface area (Å²) in [4.78, 5) is 11.4. The summed E-state index contributed by atoms with van der Waals surface area (Å²) in [5.41, 5.74) is 0. The molecule has 1 aliphatic heterocycles. The number of hydrogen-bond donors (Lipinski definition) is 1. The van der Waals surface area contributed by atoms with Gasteiger partial charge in [-0.05, 0) is 6.42 Å². The number of halogens is 1. The lowest BCUT2D eigenvalue weighted by molar-refractivity contribution is 0.0289. The molecule has 6 nitrogen and oxygen atoms in total. The number of hydrogen-bond acceptors (Lipinski definition) is 4. The first kappa shape index (κ1) is 12.2. The third-order valence-electron chi connectivity index (χ3n) is 2.05. The lowest BCUT2D eigenvalue weighted by atomic mass is 10.1. The minimum absolute atomic E-state index is 0.0422. The van der Waals surface area contributed by atoms with Crippen LogP contribution in [0.2, 0.25) is 0 Å². The topological polar surface area (TPSA) is 83.9 Å². The number of carbonyl (C=O) groups is 1. The average Bonchev–Trinajstić information content (AvgIpc) is 2.05. The second-order valence-corrected chi connectivity index (χ2v) is 4.97. The first-order valence-corrected chi connectivity index (χ1v) is 6.11. The SMILES string of the molecule is CS(=O)(=O)O[C@@H]1CCN(C(=O)O)C[C@@H]1F. The van der Waals surface area contributed by atoms with Crippen molar-refractivity contribution in [3.8, 4) is 0 Å². The fourth-order valence-electron chi connectivity index (χ4n) is 1.39. The van der Waals surface area contributed by atoms with Gasteiger partial charge < -0.3 is 10.0 Å². The van der Waals surface area contributed by atoms with Crippen LogP contribution in [0.5, 0.6) is 0 Å². The quantitative estimate of drug-likeness (QED) is 0.691. The molecule has 1 amide bonds. The van der Waals surface area contributed by atoms with Gasteiger partial charge in [0, 0.05) is 6.54 Å². The number of piperidine rings is 1. The standard InChI is InChI=1S/C7H12FNO5S/c1-15(12,13)14-6-2-3-9(7(10)11)4-5(6)8/h5-6H,2-4H2,1H3,(H,10,11)/t5-,6+/m0/s1. The van der Waals surface area contributed by atoms with E-state index < -0.39 is 28.5 Å². The lowest BCUT2D eigenvalue weighted by Crippen LogP contribution is -2.48. The molecular weight excluding hydrogens is 229 g/mol. The van der Waals surface area contributed by atoms with Crippen molar-refractivity contribution in [2.75, 3.05) is 19.3 Å². The van der Waals surface area contributed by atoms with E-state index in [0.29, 0.717) is 0 Å². The molecule has 1 aliphatic rings. The van der Waals surface area contributed by atoms with Crippen LogP contribution in [0, 0.1) is 0 Å². The number of amides is 1. The summed E-state index contributed by atoms with van der Waals surface area (Å²) in [6.07, 6.45) is -3.01. The predicted molar refractivity (Wildman–Crippen MR) is 48.8 cm³/mol. The van der Waals surface area contributed by atoms with Gasteiger partial charge in [-0.2, -0.15) is 8.42 Å². The summed E-state index contributed by atoms with van der Waals surface area (Å²) in [7, 11) is -3.70. The molecule has 8 heteroatoms. The monoisotopic (exact) mass is 241 g/mol. The second kappa shape index (κ2) is 4.31. The Hall–Kier alpha value is -0.890. The van der Waals surface area contributed by atoms with E-state index in [9.17, 15) is 17.6 Å². The van der Waals surface area contributed by atoms with E-state index in [0.717, 1.165) is 11.2 Å². The summed E-state index contributed by atoms with van der Waals surface area (Å²) < 4.78 is 39.3. The highest BCUT2D eigenvalue weighted by Gasteiger charge is 2.34. The number of nitrogens with zero attached hydrogens (tertiary/aromatic N) is 1. The maximum absolute atomic E-state index is 13.3. The van der Waals surface area contributed by atoms with Crippen LogP contribution >= 0.6 is 0 Å². The zero-order chi connectivity index (χ0) is 11.6. The van der Waals surface area contributed by atoms with Crippen LogP contribution in [-0.4, -0.2) is 56.1 Å². The smallest absolute Gasteiger partial charge is 0.407 e.